The number of hydrogen-bond acceptors (Lipinski definition) is 8. The van der Waals surface area contributed by atoms with E-state index in [1.54, 1.807) is 0 Å². The summed E-state index contributed by atoms with van der Waals surface area (Å²) in [6, 6.07) is 0. The van der Waals surface area contributed by atoms with E-state index in [0.29, 0.717) is 6.61 Å². The minimum atomic E-state index is -4.03. The third-order valence-corrected chi connectivity index (χ3v) is 3.73. The quantitative estimate of drug-likeness (QED) is 0.236. The fourth-order valence-electron chi connectivity index (χ4n) is 1.86. The SMILES string of the molecule is CCCCCCCCCCCOOOC(O)=C1OS(=O)(=O)O1. The molecule has 0 unspecified atom stereocenters. The second-order valence-corrected chi connectivity index (χ2v) is 6.12. The van der Waals surface area contributed by atoms with Crippen molar-refractivity contribution in [3.8, 4) is 0 Å². The summed E-state index contributed by atoms with van der Waals surface area (Å²) in [5, 5.41) is 13.3. The van der Waals surface area contributed by atoms with Crippen LogP contribution >= 0.6 is 0 Å². The van der Waals surface area contributed by atoms with Crippen molar-refractivity contribution in [3.05, 3.63) is 11.9 Å². The Bertz CT molecular complexity index is 417. The summed E-state index contributed by atoms with van der Waals surface area (Å²) in [5.74, 6) is -1.64. The summed E-state index contributed by atoms with van der Waals surface area (Å²) in [4.78, 5) is 8.88. The van der Waals surface area contributed by atoms with Crippen molar-refractivity contribution in [1.82, 2.24) is 0 Å². The van der Waals surface area contributed by atoms with Gasteiger partial charge in [0.1, 0.15) is 0 Å². The minimum absolute atomic E-state index is 0.304. The Morgan fingerprint density at radius 1 is 1.00 bits per heavy atom. The molecule has 0 amide bonds. The molecule has 0 aromatic carbocycles. The molecule has 0 saturated carbocycles. The second-order valence-electron chi connectivity index (χ2n) is 4.97. The molecule has 130 valence electrons. The van der Waals surface area contributed by atoms with Crippen LogP contribution in [0, 0.1) is 0 Å². The third-order valence-electron chi connectivity index (χ3n) is 3.02. The monoisotopic (exact) mass is 340 g/mol. The van der Waals surface area contributed by atoms with E-state index in [9.17, 15) is 8.42 Å². The second kappa shape index (κ2) is 10.5. The van der Waals surface area contributed by atoms with E-state index in [1.807, 2.05) is 0 Å². The van der Waals surface area contributed by atoms with Gasteiger partial charge < -0.3 is 13.5 Å². The molecular formula is C13H24O8S. The average Bonchev–Trinajstić information content (AvgIpc) is 2.45. The van der Waals surface area contributed by atoms with Crippen LogP contribution in [0.4, 0.5) is 0 Å². The lowest BCUT2D eigenvalue weighted by molar-refractivity contribution is -0.507. The molecule has 1 fully saturated rings. The molecule has 0 aliphatic carbocycles. The lowest BCUT2D eigenvalue weighted by Crippen LogP contribution is -2.24. The largest absolute Gasteiger partial charge is 0.506 e. The molecule has 0 aromatic rings. The predicted octanol–water partition coefficient (Wildman–Crippen LogP) is 3.37. The van der Waals surface area contributed by atoms with Gasteiger partial charge in [-0.3, -0.25) is 4.89 Å². The number of aliphatic hydroxyl groups excluding tert-OH is 1. The maximum Gasteiger partial charge on any atom is 0.506 e. The van der Waals surface area contributed by atoms with Gasteiger partial charge in [-0.25, -0.2) is 0 Å². The zero-order chi connectivity index (χ0) is 16.3. The Balaban J connectivity index is 1.84. The molecule has 1 rings (SSSR count). The van der Waals surface area contributed by atoms with E-state index < -0.39 is 22.3 Å². The standard InChI is InChI=1S/C13H24O8S/c1-2-3-4-5-6-7-8-9-10-11-17-21-18-12(14)13-19-22(15,16)20-13/h14H,2-11H2,1H3. The lowest BCUT2D eigenvalue weighted by Gasteiger charge is -2.16. The predicted molar refractivity (Wildman–Crippen MR) is 76.1 cm³/mol. The summed E-state index contributed by atoms with van der Waals surface area (Å²) in [6.45, 7) is 2.51. The van der Waals surface area contributed by atoms with Crippen LogP contribution in [0.25, 0.3) is 0 Å². The maximum atomic E-state index is 10.5. The third kappa shape index (κ3) is 8.30. The van der Waals surface area contributed by atoms with E-state index in [0.717, 1.165) is 19.3 Å². The molecule has 0 aromatic heterocycles. The summed E-state index contributed by atoms with van der Waals surface area (Å²) < 4.78 is 29.0. The highest BCUT2D eigenvalue weighted by Crippen LogP contribution is 2.24. The first-order valence-corrected chi connectivity index (χ1v) is 8.92. The lowest BCUT2D eigenvalue weighted by atomic mass is 10.1. The summed E-state index contributed by atoms with van der Waals surface area (Å²) >= 11 is 0. The van der Waals surface area contributed by atoms with Crippen molar-refractivity contribution in [1.29, 1.82) is 0 Å². The molecule has 0 spiro atoms. The van der Waals surface area contributed by atoms with Crippen molar-refractivity contribution < 1.29 is 36.7 Å². The van der Waals surface area contributed by atoms with Crippen LogP contribution in [0.2, 0.25) is 0 Å². The van der Waals surface area contributed by atoms with Crippen LogP contribution < -0.4 is 0 Å². The van der Waals surface area contributed by atoms with E-state index in [1.165, 1.54) is 38.5 Å². The molecule has 1 aliphatic rings. The fraction of sp³-hybridized carbons (Fsp3) is 0.846. The molecule has 1 N–H and O–H groups in total. The van der Waals surface area contributed by atoms with Crippen molar-refractivity contribution >= 4 is 10.4 Å². The first-order chi connectivity index (χ1) is 10.5. The molecule has 1 saturated heterocycles. The molecule has 22 heavy (non-hydrogen) atoms. The average molecular weight is 340 g/mol. The topological polar surface area (TPSA) is 101 Å². The smallest absolute Gasteiger partial charge is 0.474 e. The van der Waals surface area contributed by atoms with Crippen LogP contribution in [-0.2, 0) is 33.6 Å². The van der Waals surface area contributed by atoms with Gasteiger partial charge in [-0.05, 0) is 11.5 Å². The van der Waals surface area contributed by atoms with Crippen LogP contribution in [0.5, 0.6) is 0 Å². The van der Waals surface area contributed by atoms with E-state index >= 15 is 0 Å². The zero-order valence-electron chi connectivity index (χ0n) is 12.8. The highest BCUT2D eigenvalue weighted by atomic mass is 32.3. The van der Waals surface area contributed by atoms with Gasteiger partial charge >= 0.3 is 22.3 Å². The molecule has 1 heterocycles. The summed E-state index contributed by atoms with van der Waals surface area (Å²) in [7, 11) is -4.03. The zero-order valence-corrected chi connectivity index (χ0v) is 13.6. The van der Waals surface area contributed by atoms with Gasteiger partial charge in [-0.2, -0.15) is 4.89 Å². The van der Waals surface area contributed by atoms with Crippen LogP contribution in [0.15, 0.2) is 11.9 Å². The van der Waals surface area contributed by atoms with Gasteiger partial charge in [-0.15, -0.1) is 8.42 Å². The Morgan fingerprint density at radius 3 is 2.09 bits per heavy atom. The first kappa shape index (κ1) is 18.9. The Hall–Kier alpha value is -1.19. The number of unbranched alkanes of at least 4 members (excludes halogenated alkanes) is 8. The molecular weight excluding hydrogens is 316 g/mol. The summed E-state index contributed by atoms with van der Waals surface area (Å²) in [5.41, 5.74) is 0. The van der Waals surface area contributed by atoms with Gasteiger partial charge in [0.15, 0.2) is 0 Å². The maximum absolute atomic E-state index is 10.5. The molecule has 8 nitrogen and oxygen atoms in total. The number of rotatable bonds is 13. The Labute approximate surface area is 131 Å². The molecule has 9 heteroatoms. The fourth-order valence-corrected chi connectivity index (χ4v) is 2.38. The van der Waals surface area contributed by atoms with Crippen LogP contribution in [0.3, 0.4) is 0 Å². The van der Waals surface area contributed by atoms with Crippen molar-refractivity contribution in [2.45, 2.75) is 64.7 Å². The van der Waals surface area contributed by atoms with Gasteiger partial charge in [0.2, 0.25) is 0 Å². The molecule has 0 bridgehead atoms. The molecule has 0 radical (unpaired) electrons. The van der Waals surface area contributed by atoms with E-state index in [2.05, 4.69) is 30.1 Å². The van der Waals surface area contributed by atoms with Crippen molar-refractivity contribution in [2.24, 2.45) is 0 Å². The minimum Gasteiger partial charge on any atom is -0.474 e. The highest BCUT2D eigenvalue weighted by Gasteiger charge is 2.37. The Kier molecular flexibility index (Phi) is 9.02. The van der Waals surface area contributed by atoms with Crippen LogP contribution in [0.1, 0.15) is 64.7 Å². The number of aliphatic hydroxyl groups is 1. The van der Waals surface area contributed by atoms with Gasteiger partial charge in [-0.1, -0.05) is 58.3 Å². The highest BCUT2D eigenvalue weighted by molar-refractivity contribution is 7.83. The van der Waals surface area contributed by atoms with Gasteiger partial charge in [0.25, 0.3) is 0 Å². The summed E-state index contributed by atoms with van der Waals surface area (Å²) in [6.07, 6.45) is 10.7. The molecule has 0 atom stereocenters. The normalized spacial score (nSPS) is 15.6. The van der Waals surface area contributed by atoms with Crippen molar-refractivity contribution in [3.63, 3.8) is 0 Å². The van der Waals surface area contributed by atoms with E-state index in [4.69, 9.17) is 5.11 Å². The molecule has 1 aliphatic heterocycles. The first-order valence-electron chi connectivity index (χ1n) is 7.58. The van der Waals surface area contributed by atoms with Crippen molar-refractivity contribution in [2.75, 3.05) is 6.61 Å². The van der Waals surface area contributed by atoms with Crippen LogP contribution in [-0.4, -0.2) is 20.1 Å². The van der Waals surface area contributed by atoms with E-state index in [-0.39, 0.29) is 0 Å². The van der Waals surface area contributed by atoms with Gasteiger partial charge in [0, 0.05) is 0 Å². The number of hydrogen-bond donors (Lipinski definition) is 1. The Morgan fingerprint density at radius 2 is 1.55 bits per heavy atom. The van der Waals surface area contributed by atoms with Gasteiger partial charge in [0.05, 0.1) is 6.61 Å².